The molecule has 1 aliphatic heterocycles. The van der Waals surface area contributed by atoms with Gasteiger partial charge in [0.1, 0.15) is 26.2 Å². The molecule has 4 N–H and O–H groups in total. The number of nitrogens with zero attached hydrogens (tertiary/aromatic N) is 3. The Morgan fingerprint density at radius 2 is 1.84 bits per heavy atom. The van der Waals surface area contributed by atoms with Crippen LogP contribution in [0.5, 0.6) is 0 Å². The van der Waals surface area contributed by atoms with Crippen molar-refractivity contribution in [1.82, 2.24) is 9.78 Å². The van der Waals surface area contributed by atoms with Gasteiger partial charge in [-0.3, -0.25) is 25.0 Å². The second-order valence-corrected chi connectivity index (χ2v) is 7.58. The molecule has 1 aliphatic rings. The van der Waals surface area contributed by atoms with Crippen LogP contribution in [-0.4, -0.2) is 60.2 Å². The normalized spacial score (nSPS) is 14.8. The van der Waals surface area contributed by atoms with Crippen LogP contribution in [0, 0.1) is 10.1 Å². The van der Waals surface area contributed by atoms with Crippen LogP contribution in [-0.2, 0) is 0 Å². The molecule has 1 saturated heterocycles. The minimum atomic E-state index is -0.461. The Morgan fingerprint density at radius 3 is 2.52 bits per heavy atom. The monoisotopic (exact) mass is 422 g/mol. The van der Waals surface area contributed by atoms with Gasteiger partial charge in [-0.05, 0) is 12.1 Å². The summed E-state index contributed by atoms with van der Waals surface area (Å²) in [6, 6.07) is 15.5. The molecule has 0 amide bonds. The summed E-state index contributed by atoms with van der Waals surface area (Å²) in [6.07, 6.45) is 1.65. The third-order valence-corrected chi connectivity index (χ3v) is 5.53. The predicted octanol–water partition coefficient (Wildman–Crippen LogP) is -0.378. The van der Waals surface area contributed by atoms with Crippen molar-refractivity contribution in [2.24, 2.45) is 4.99 Å². The van der Waals surface area contributed by atoms with E-state index in [9.17, 15) is 14.9 Å². The molecule has 1 fully saturated rings. The molecule has 3 aromatic rings. The Bertz CT molecular complexity index is 1110. The standard InChI is InChI=1S/C22H24N6O3/c29-22-20(16-24-12-15-26-13-10-23-11-14-26)21(17-4-2-1-3-5-17)25-27(22)18-6-8-19(9-7-18)28(30)31/h1-9,16,23,25H,10-15H2/p+2. The molecule has 1 aromatic heterocycles. The van der Waals surface area contributed by atoms with E-state index in [0.717, 1.165) is 38.3 Å². The number of rotatable bonds is 7. The van der Waals surface area contributed by atoms with Crippen LogP contribution in [0.4, 0.5) is 5.69 Å². The van der Waals surface area contributed by atoms with Gasteiger partial charge in [-0.15, -0.1) is 0 Å². The molecule has 0 atom stereocenters. The van der Waals surface area contributed by atoms with Gasteiger partial charge in [-0.2, -0.15) is 0 Å². The molecule has 0 radical (unpaired) electrons. The Labute approximate surface area is 179 Å². The fourth-order valence-electron chi connectivity index (χ4n) is 3.81. The first-order chi connectivity index (χ1) is 15.1. The van der Waals surface area contributed by atoms with E-state index in [1.807, 2.05) is 30.3 Å². The minimum Gasteiger partial charge on any atom is -0.337 e. The number of nitrogens with one attached hydrogen (secondary N) is 2. The summed E-state index contributed by atoms with van der Waals surface area (Å²) < 4.78 is 1.40. The van der Waals surface area contributed by atoms with Gasteiger partial charge in [0.05, 0.1) is 35.0 Å². The highest BCUT2D eigenvalue weighted by molar-refractivity contribution is 5.88. The second kappa shape index (κ2) is 9.50. The molecule has 0 saturated carbocycles. The van der Waals surface area contributed by atoms with E-state index in [0.29, 0.717) is 23.5 Å². The number of aromatic nitrogens is 2. The Kier molecular flexibility index (Phi) is 6.34. The van der Waals surface area contributed by atoms with Crippen molar-refractivity contribution >= 4 is 11.9 Å². The number of aliphatic imine (C=N–C) groups is 1. The Morgan fingerprint density at radius 1 is 1.13 bits per heavy atom. The van der Waals surface area contributed by atoms with E-state index in [1.165, 1.54) is 16.8 Å². The van der Waals surface area contributed by atoms with Gasteiger partial charge >= 0.3 is 0 Å². The van der Waals surface area contributed by atoms with E-state index >= 15 is 0 Å². The summed E-state index contributed by atoms with van der Waals surface area (Å²) in [4.78, 5) is 29.7. The molecular formula is C22H26N6O3+2. The summed E-state index contributed by atoms with van der Waals surface area (Å²) >= 11 is 0. The lowest BCUT2D eigenvalue weighted by Gasteiger charge is -2.21. The van der Waals surface area contributed by atoms with E-state index in [1.54, 1.807) is 23.2 Å². The zero-order valence-electron chi connectivity index (χ0n) is 17.2. The first-order valence-corrected chi connectivity index (χ1v) is 10.4. The molecule has 0 aliphatic carbocycles. The topological polar surface area (TPSA) is 114 Å². The number of hydrogen-bond acceptors (Lipinski definition) is 4. The number of aromatic amines is 1. The number of nitro benzene ring substituents is 1. The van der Waals surface area contributed by atoms with Crippen molar-refractivity contribution in [3.8, 4) is 16.9 Å². The molecule has 2 heterocycles. The van der Waals surface area contributed by atoms with Crippen LogP contribution in [0.15, 0.2) is 64.4 Å². The number of nitrogens with two attached hydrogens (primary N) is 1. The van der Waals surface area contributed by atoms with Crippen LogP contribution in [0.1, 0.15) is 5.56 Å². The van der Waals surface area contributed by atoms with Crippen LogP contribution in [0.25, 0.3) is 16.9 Å². The van der Waals surface area contributed by atoms with Gasteiger partial charge < -0.3 is 10.2 Å². The number of hydrogen-bond donors (Lipinski definition) is 3. The van der Waals surface area contributed by atoms with Crippen molar-refractivity contribution in [3.63, 3.8) is 0 Å². The molecule has 160 valence electrons. The molecular weight excluding hydrogens is 396 g/mol. The molecule has 31 heavy (non-hydrogen) atoms. The van der Waals surface area contributed by atoms with Crippen LogP contribution in [0.3, 0.4) is 0 Å². The third kappa shape index (κ3) is 4.79. The van der Waals surface area contributed by atoms with Gasteiger partial charge in [0, 0.05) is 23.9 Å². The fraction of sp³-hybridized carbons (Fsp3) is 0.273. The smallest absolute Gasteiger partial charge is 0.280 e. The van der Waals surface area contributed by atoms with E-state index < -0.39 is 4.92 Å². The van der Waals surface area contributed by atoms with Crippen molar-refractivity contribution in [3.05, 3.63) is 80.6 Å². The molecule has 9 nitrogen and oxygen atoms in total. The lowest BCUT2D eigenvalue weighted by Crippen LogP contribution is -3.20. The number of H-pyrrole nitrogens is 1. The molecule has 4 rings (SSSR count). The fourth-order valence-corrected chi connectivity index (χ4v) is 3.81. The minimum absolute atomic E-state index is 0.0220. The summed E-state index contributed by atoms with van der Waals surface area (Å²) in [6.45, 7) is 6.19. The molecule has 2 aromatic carbocycles. The third-order valence-electron chi connectivity index (χ3n) is 5.53. The first kappa shape index (κ1) is 20.7. The number of quaternary nitrogens is 2. The predicted molar refractivity (Wildman–Crippen MR) is 118 cm³/mol. The second-order valence-electron chi connectivity index (χ2n) is 7.58. The Balaban J connectivity index is 1.63. The number of nitro groups is 1. The number of benzene rings is 2. The lowest BCUT2D eigenvalue weighted by atomic mass is 10.1. The van der Waals surface area contributed by atoms with Crippen LogP contribution >= 0.6 is 0 Å². The highest BCUT2D eigenvalue weighted by Crippen LogP contribution is 2.20. The van der Waals surface area contributed by atoms with Crippen LogP contribution in [0.2, 0.25) is 0 Å². The maximum absolute atomic E-state index is 13.2. The van der Waals surface area contributed by atoms with Gasteiger partial charge in [0.2, 0.25) is 0 Å². The van der Waals surface area contributed by atoms with E-state index in [2.05, 4.69) is 15.4 Å². The number of non-ortho nitro benzene ring substituents is 1. The van der Waals surface area contributed by atoms with Crippen LogP contribution < -0.4 is 15.8 Å². The summed E-state index contributed by atoms with van der Waals surface area (Å²) in [7, 11) is 0. The summed E-state index contributed by atoms with van der Waals surface area (Å²) in [5.41, 5.74) is 2.29. The van der Waals surface area contributed by atoms with Crippen molar-refractivity contribution in [1.29, 1.82) is 0 Å². The molecule has 9 heteroatoms. The van der Waals surface area contributed by atoms with Gasteiger partial charge in [0.25, 0.3) is 11.2 Å². The molecule has 0 spiro atoms. The zero-order valence-corrected chi connectivity index (χ0v) is 17.2. The van der Waals surface area contributed by atoms with E-state index in [-0.39, 0.29) is 11.2 Å². The summed E-state index contributed by atoms with van der Waals surface area (Å²) in [5, 5.41) is 16.4. The highest BCUT2D eigenvalue weighted by atomic mass is 16.6. The average Bonchev–Trinajstić information content (AvgIpc) is 3.14. The maximum Gasteiger partial charge on any atom is 0.280 e. The van der Waals surface area contributed by atoms with E-state index in [4.69, 9.17) is 0 Å². The average molecular weight is 422 g/mol. The van der Waals surface area contributed by atoms with Gasteiger partial charge in [-0.1, -0.05) is 30.3 Å². The molecule has 0 unspecified atom stereocenters. The van der Waals surface area contributed by atoms with Crippen molar-refractivity contribution in [2.45, 2.75) is 0 Å². The lowest BCUT2D eigenvalue weighted by molar-refractivity contribution is -0.945. The van der Waals surface area contributed by atoms with Gasteiger partial charge in [0.15, 0.2) is 0 Å². The summed E-state index contributed by atoms with van der Waals surface area (Å²) in [5.74, 6) is 0. The van der Waals surface area contributed by atoms with Gasteiger partial charge in [-0.25, -0.2) is 4.68 Å². The van der Waals surface area contributed by atoms with Crippen molar-refractivity contribution in [2.75, 3.05) is 39.3 Å². The largest absolute Gasteiger partial charge is 0.337 e. The Hall–Kier alpha value is -3.56. The molecule has 0 bridgehead atoms. The maximum atomic E-state index is 13.2. The first-order valence-electron chi connectivity index (χ1n) is 10.4. The quantitative estimate of drug-likeness (QED) is 0.274. The zero-order chi connectivity index (χ0) is 21.6. The SMILES string of the molecule is O=c1c(C=NCC[NH+]2CC[NH2+]CC2)c(-c2ccccc2)[nH]n1-c1ccc([N+](=O)[O-])cc1. The van der Waals surface area contributed by atoms with Crippen molar-refractivity contribution < 1.29 is 15.1 Å². The number of piperazine rings is 1. The highest BCUT2D eigenvalue weighted by Gasteiger charge is 2.17.